The largest absolute Gasteiger partial charge is 0.481 e. The lowest BCUT2D eigenvalue weighted by Gasteiger charge is -2.30. The number of carboxylic acid groups (broad SMARTS) is 1. The molecule has 1 rings (SSSR count). The zero-order chi connectivity index (χ0) is 33.3. The van der Waals surface area contributed by atoms with Crippen molar-refractivity contribution in [2.45, 2.75) is 116 Å². The number of benzene rings is 1. The average molecular weight is 630 g/mol. The molecule has 0 aliphatic carbocycles. The summed E-state index contributed by atoms with van der Waals surface area (Å²) < 4.78 is 16.2. The van der Waals surface area contributed by atoms with Crippen molar-refractivity contribution in [2.75, 3.05) is 26.9 Å². The van der Waals surface area contributed by atoms with Gasteiger partial charge in [-0.15, -0.1) is 5.92 Å². The Balaban J connectivity index is 2.79. The number of aliphatic carboxylic acids is 1. The normalized spacial score (nSPS) is 13.7. The van der Waals surface area contributed by atoms with Crippen LogP contribution < -0.4 is 10.1 Å². The van der Waals surface area contributed by atoms with Crippen LogP contribution in [0, 0.1) is 17.8 Å². The van der Waals surface area contributed by atoms with Crippen molar-refractivity contribution in [2.24, 2.45) is 5.92 Å². The molecule has 0 fully saturated rings. The molecule has 3 N–H and O–H groups in total. The maximum atomic E-state index is 13.5. The van der Waals surface area contributed by atoms with Crippen molar-refractivity contribution in [1.82, 2.24) is 5.32 Å². The molecule has 45 heavy (non-hydrogen) atoms. The number of nitrogens with one attached hydrogen (secondary N) is 1. The highest BCUT2D eigenvalue weighted by Crippen LogP contribution is 2.27. The first-order valence-electron chi connectivity index (χ1n) is 16.4. The topological polar surface area (TPSA) is 131 Å². The van der Waals surface area contributed by atoms with E-state index in [0.717, 1.165) is 50.9 Å². The number of esters is 1. The Morgan fingerprint density at radius 1 is 0.956 bits per heavy atom. The van der Waals surface area contributed by atoms with Crippen molar-refractivity contribution in [3.63, 3.8) is 0 Å². The standard InChI is InChI=1S/C36H55NO8/c1-5-8-10-14-17-25-44-26-18-15-12-11-13-16-19-31(36(42,24-7-3)35(40)41)33(38)37-32(34(39)43-4)28-29-20-22-30(23-21-29)45-27-9-6-2/h16,19-23,31-32,42H,5,7-8,10-15,17-18,24-28H2,1-4H3,(H,37,38)(H,40,41)/t31-,32+,36+/m1/s1. The van der Waals surface area contributed by atoms with Crippen molar-refractivity contribution in [3.05, 3.63) is 42.0 Å². The third-order valence-corrected chi connectivity index (χ3v) is 7.58. The van der Waals surface area contributed by atoms with E-state index >= 15 is 0 Å². The summed E-state index contributed by atoms with van der Waals surface area (Å²) in [5, 5.41) is 23.8. The summed E-state index contributed by atoms with van der Waals surface area (Å²) in [7, 11) is 1.22. The minimum absolute atomic E-state index is 0.103. The highest BCUT2D eigenvalue weighted by Gasteiger charge is 2.46. The molecule has 1 amide bonds. The highest BCUT2D eigenvalue weighted by molar-refractivity contribution is 5.92. The maximum absolute atomic E-state index is 13.5. The Kier molecular flexibility index (Phi) is 21.1. The van der Waals surface area contributed by atoms with Crippen LogP contribution in [0.2, 0.25) is 0 Å². The van der Waals surface area contributed by atoms with Crippen LogP contribution in [-0.2, 0) is 30.3 Å². The zero-order valence-electron chi connectivity index (χ0n) is 27.8. The number of rotatable bonds is 25. The summed E-state index contributed by atoms with van der Waals surface area (Å²) in [6.07, 6.45) is 14.1. The fourth-order valence-corrected chi connectivity index (χ4v) is 4.95. The van der Waals surface area contributed by atoms with Crippen LogP contribution in [0.5, 0.6) is 5.75 Å². The average Bonchev–Trinajstić information content (AvgIpc) is 3.03. The van der Waals surface area contributed by atoms with E-state index in [-0.39, 0.29) is 19.4 Å². The van der Waals surface area contributed by atoms with Gasteiger partial charge in [0.05, 0.1) is 13.0 Å². The molecule has 0 aliphatic rings. The quantitative estimate of drug-likeness (QED) is 0.0518. The summed E-state index contributed by atoms with van der Waals surface area (Å²) >= 11 is 0. The van der Waals surface area contributed by atoms with Crippen molar-refractivity contribution in [3.8, 4) is 17.6 Å². The van der Waals surface area contributed by atoms with E-state index in [1.165, 1.54) is 38.9 Å². The minimum Gasteiger partial charge on any atom is -0.481 e. The van der Waals surface area contributed by atoms with Crippen LogP contribution in [-0.4, -0.2) is 66.6 Å². The summed E-state index contributed by atoms with van der Waals surface area (Å²) in [6.45, 7) is 7.49. The Hall–Kier alpha value is -3.35. The Morgan fingerprint density at radius 3 is 2.18 bits per heavy atom. The van der Waals surface area contributed by atoms with Gasteiger partial charge in [0.1, 0.15) is 18.4 Å². The van der Waals surface area contributed by atoms with Gasteiger partial charge in [-0.05, 0) is 56.7 Å². The molecule has 3 atom stereocenters. The molecule has 0 saturated carbocycles. The van der Waals surface area contributed by atoms with Gasteiger partial charge in [0.2, 0.25) is 5.91 Å². The van der Waals surface area contributed by atoms with Gasteiger partial charge in [-0.3, -0.25) is 4.79 Å². The molecule has 9 heteroatoms. The molecule has 0 saturated heterocycles. The number of carbonyl (C=O) groups is 3. The molecule has 9 nitrogen and oxygen atoms in total. The van der Waals surface area contributed by atoms with E-state index in [1.807, 2.05) is 0 Å². The van der Waals surface area contributed by atoms with Crippen LogP contribution in [0.4, 0.5) is 0 Å². The molecular formula is C36H55NO8. The molecule has 0 aliphatic heterocycles. The number of ether oxygens (including phenoxy) is 3. The fraction of sp³-hybridized carbons (Fsp3) is 0.639. The number of amides is 1. The molecule has 0 unspecified atom stereocenters. The zero-order valence-corrected chi connectivity index (χ0v) is 27.8. The first-order valence-corrected chi connectivity index (χ1v) is 16.4. The van der Waals surface area contributed by atoms with E-state index in [2.05, 4.69) is 24.1 Å². The van der Waals surface area contributed by atoms with Crippen molar-refractivity contribution >= 4 is 17.8 Å². The number of unbranched alkanes of at least 4 members (excludes halogenated alkanes) is 8. The number of allylic oxidation sites excluding steroid dienone is 1. The third kappa shape index (κ3) is 16.0. The number of methoxy groups -OCH3 is 1. The van der Waals surface area contributed by atoms with E-state index < -0.39 is 35.4 Å². The van der Waals surface area contributed by atoms with E-state index in [9.17, 15) is 24.6 Å². The van der Waals surface area contributed by atoms with Crippen LogP contribution in [0.15, 0.2) is 36.4 Å². The second kappa shape index (κ2) is 24.0. The lowest BCUT2D eigenvalue weighted by Crippen LogP contribution is -2.54. The van der Waals surface area contributed by atoms with Crippen LogP contribution in [0.25, 0.3) is 0 Å². The van der Waals surface area contributed by atoms with Crippen LogP contribution >= 0.6 is 0 Å². The number of carboxylic acids is 1. The van der Waals surface area contributed by atoms with Crippen molar-refractivity contribution < 1.29 is 38.8 Å². The van der Waals surface area contributed by atoms with Crippen molar-refractivity contribution in [1.29, 1.82) is 0 Å². The summed E-state index contributed by atoms with van der Waals surface area (Å²) in [6, 6.07) is 5.91. The molecule has 0 spiro atoms. The fourth-order valence-electron chi connectivity index (χ4n) is 4.95. The van der Waals surface area contributed by atoms with Gasteiger partial charge in [0.15, 0.2) is 5.60 Å². The molecule has 0 heterocycles. The van der Waals surface area contributed by atoms with Gasteiger partial charge in [-0.25, -0.2) is 9.59 Å². The summed E-state index contributed by atoms with van der Waals surface area (Å²) in [4.78, 5) is 38.4. The monoisotopic (exact) mass is 629 g/mol. The number of hydrogen-bond acceptors (Lipinski definition) is 7. The van der Waals surface area contributed by atoms with Gasteiger partial charge in [-0.2, -0.15) is 0 Å². The van der Waals surface area contributed by atoms with Gasteiger partial charge < -0.3 is 29.7 Å². The van der Waals surface area contributed by atoms with Gasteiger partial charge in [0, 0.05) is 19.6 Å². The number of carbonyl (C=O) groups excluding carboxylic acids is 2. The lowest BCUT2D eigenvalue weighted by molar-refractivity contribution is -0.167. The van der Waals surface area contributed by atoms with Crippen LogP contribution in [0.1, 0.15) is 103 Å². The van der Waals surface area contributed by atoms with E-state index in [1.54, 1.807) is 44.2 Å². The van der Waals surface area contributed by atoms with Gasteiger partial charge in [0.25, 0.3) is 0 Å². The van der Waals surface area contributed by atoms with E-state index in [0.29, 0.717) is 18.6 Å². The summed E-state index contributed by atoms with van der Waals surface area (Å²) in [5.41, 5.74) is -1.60. The Bertz CT molecular complexity index is 1070. The lowest BCUT2D eigenvalue weighted by atomic mass is 9.82. The first-order chi connectivity index (χ1) is 21.7. The molecule has 0 radical (unpaired) electrons. The predicted molar refractivity (Wildman–Crippen MR) is 176 cm³/mol. The minimum atomic E-state index is -2.33. The molecular weight excluding hydrogens is 574 g/mol. The molecule has 1 aromatic carbocycles. The molecule has 0 bridgehead atoms. The van der Waals surface area contributed by atoms with E-state index in [4.69, 9.17) is 14.2 Å². The highest BCUT2D eigenvalue weighted by atomic mass is 16.5. The summed E-state index contributed by atoms with van der Waals surface area (Å²) in [5.74, 6) is 1.85. The Labute approximate surface area is 270 Å². The molecule has 252 valence electrons. The number of hydrogen-bond donors (Lipinski definition) is 3. The predicted octanol–water partition coefficient (Wildman–Crippen LogP) is 6.01. The van der Waals surface area contributed by atoms with Gasteiger partial charge in [-0.1, -0.05) is 89.0 Å². The first kappa shape index (κ1) is 39.7. The maximum Gasteiger partial charge on any atom is 0.336 e. The molecule has 0 aromatic heterocycles. The second-order valence-corrected chi connectivity index (χ2v) is 11.3. The molecule has 1 aromatic rings. The third-order valence-electron chi connectivity index (χ3n) is 7.58. The second-order valence-electron chi connectivity index (χ2n) is 11.3. The SMILES string of the molecule is CC#CCOc1ccc(C[C@H](NC(=O)[C@@H](C=CCCCCCCOCCCCCCC)[C@@](O)(CCC)C(=O)O)C(=O)OC)cc1. The Morgan fingerprint density at radius 2 is 1.60 bits per heavy atom. The van der Waals surface area contributed by atoms with Crippen LogP contribution in [0.3, 0.4) is 0 Å². The van der Waals surface area contributed by atoms with Gasteiger partial charge >= 0.3 is 11.9 Å². The number of aliphatic hydroxyl groups is 1. The smallest absolute Gasteiger partial charge is 0.336 e.